The van der Waals surface area contributed by atoms with E-state index < -0.39 is 5.60 Å². The summed E-state index contributed by atoms with van der Waals surface area (Å²) in [6.07, 6.45) is 6.14. The van der Waals surface area contributed by atoms with Gasteiger partial charge in [-0.05, 0) is 19.8 Å². The molecule has 1 saturated carbocycles. The first-order chi connectivity index (χ1) is 12.0. The monoisotopic (exact) mass is 342 g/mol. The van der Waals surface area contributed by atoms with Crippen molar-refractivity contribution in [1.82, 2.24) is 9.88 Å². The lowest BCUT2D eigenvalue weighted by Gasteiger charge is -2.28. The van der Waals surface area contributed by atoms with E-state index >= 15 is 0 Å². The summed E-state index contributed by atoms with van der Waals surface area (Å²) < 4.78 is 5.76. The first kappa shape index (κ1) is 17.7. The van der Waals surface area contributed by atoms with Crippen molar-refractivity contribution in [3.63, 3.8) is 0 Å². The summed E-state index contributed by atoms with van der Waals surface area (Å²) in [7, 11) is 1.76. The first-order valence-electron chi connectivity index (χ1n) is 8.93. The highest BCUT2D eigenvalue weighted by Gasteiger charge is 2.33. The average Bonchev–Trinajstić information content (AvgIpc) is 3.22. The van der Waals surface area contributed by atoms with Gasteiger partial charge in [-0.25, -0.2) is 4.98 Å². The molecule has 2 aromatic rings. The number of aryl methyl sites for hydroxylation is 2. The minimum atomic E-state index is -0.702. The van der Waals surface area contributed by atoms with E-state index in [0.717, 1.165) is 37.0 Å². The third kappa shape index (κ3) is 4.48. The Kier molecular flexibility index (Phi) is 5.23. The third-order valence-corrected chi connectivity index (χ3v) is 4.93. The summed E-state index contributed by atoms with van der Waals surface area (Å²) in [5, 5.41) is 10.4. The molecule has 1 aliphatic carbocycles. The first-order valence-corrected chi connectivity index (χ1v) is 8.93. The molecule has 1 N–H and O–H groups in total. The zero-order valence-electron chi connectivity index (χ0n) is 15.0. The molecule has 5 heteroatoms. The van der Waals surface area contributed by atoms with Crippen LogP contribution >= 0.6 is 0 Å². The number of carbonyl (C=O) groups excluding carboxylic acids is 1. The molecule has 1 amide bonds. The molecule has 3 rings (SSSR count). The van der Waals surface area contributed by atoms with Crippen molar-refractivity contribution >= 4 is 5.91 Å². The average molecular weight is 342 g/mol. The molecule has 5 nitrogen and oxygen atoms in total. The van der Waals surface area contributed by atoms with Crippen LogP contribution in [0.3, 0.4) is 0 Å². The lowest BCUT2D eigenvalue weighted by Crippen LogP contribution is -2.42. The van der Waals surface area contributed by atoms with Crippen LogP contribution in [0.25, 0.3) is 11.3 Å². The fourth-order valence-corrected chi connectivity index (χ4v) is 3.40. The molecule has 1 fully saturated rings. The van der Waals surface area contributed by atoms with Crippen molar-refractivity contribution in [2.24, 2.45) is 0 Å². The van der Waals surface area contributed by atoms with Crippen LogP contribution in [0.15, 0.2) is 34.9 Å². The molecule has 25 heavy (non-hydrogen) atoms. The number of likely N-dealkylation sites (N-methyl/N-ethyl adjacent to an activating group) is 1. The Balaban J connectivity index is 1.53. The second-order valence-corrected chi connectivity index (χ2v) is 7.17. The topological polar surface area (TPSA) is 66.6 Å². The van der Waals surface area contributed by atoms with E-state index in [1.54, 1.807) is 18.1 Å². The van der Waals surface area contributed by atoms with Crippen molar-refractivity contribution in [3.05, 3.63) is 41.9 Å². The zero-order chi connectivity index (χ0) is 17.9. The molecule has 0 aliphatic heterocycles. The van der Waals surface area contributed by atoms with Gasteiger partial charge in [0.15, 0.2) is 11.7 Å². The number of aliphatic hydroxyl groups is 1. The Hall–Kier alpha value is -2.14. The van der Waals surface area contributed by atoms with Crippen molar-refractivity contribution in [2.45, 2.75) is 51.0 Å². The summed E-state index contributed by atoms with van der Waals surface area (Å²) in [5.41, 5.74) is 1.48. The van der Waals surface area contributed by atoms with Crippen molar-refractivity contribution in [3.8, 4) is 11.3 Å². The summed E-state index contributed by atoms with van der Waals surface area (Å²) >= 11 is 0. The second kappa shape index (κ2) is 7.40. The molecular weight excluding hydrogens is 316 g/mol. The van der Waals surface area contributed by atoms with E-state index in [1.165, 1.54) is 5.56 Å². The normalized spacial score (nSPS) is 16.1. The summed E-state index contributed by atoms with van der Waals surface area (Å²) in [6.45, 7) is 2.45. The number of hydrogen-bond acceptors (Lipinski definition) is 4. The molecular formula is C20H26N2O3. The second-order valence-electron chi connectivity index (χ2n) is 7.17. The minimum absolute atomic E-state index is 0.00964. The smallest absolute Gasteiger partial charge is 0.222 e. The molecule has 0 atom stereocenters. The molecule has 0 bridgehead atoms. The SMILES string of the molecule is Cc1ccc(-c2cnc(CCC(=O)N(C)CC3(O)CCCC3)o2)cc1. The van der Waals surface area contributed by atoms with E-state index in [9.17, 15) is 9.90 Å². The van der Waals surface area contributed by atoms with E-state index in [0.29, 0.717) is 25.3 Å². The number of hydrogen-bond donors (Lipinski definition) is 1. The highest BCUT2D eigenvalue weighted by Crippen LogP contribution is 2.30. The fraction of sp³-hybridized carbons (Fsp3) is 0.500. The van der Waals surface area contributed by atoms with Crippen molar-refractivity contribution in [2.75, 3.05) is 13.6 Å². The summed E-state index contributed by atoms with van der Waals surface area (Å²) in [5.74, 6) is 1.29. The van der Waals surface area contributed by atoms with Gasteiger partial charge in [0, 0.05) is 32.0 Å². The van der Waals surface area contributed by atoms with E-state index in [-0.39, 0.29) is 5.91 Å². The number of benzene rings is 1. The Morgan fingerprint density at radius 3 is 2.64 bits per heavy atom. The molecule has 1 aliphatic rings. The van der Waals surface area contributed by atoms with Crippen LogP contribution in [0.5, 0.6) is 0 Å². The van der Waals surface area contributed by atoms with Crippen LogP contribution in [-0.4, -0.2) is 40.1 Å². The van der Waals surface area contributed by atoms with E-state index in [2.05, 4.69) is 4.98 Å². The van der Waals surface area contributed by atoms with Crippen molar-refractivity contribution in [1.29, 1.82) is 0 Å². The summed E-state index contributed by atoms with van der Waals surface area (Å²) in [4.78, 5) is 18.2. The fourth-order valence-electron chi connectivity index (χ4n) is 3.40. The number of rotatable bonds is 6. The Morgan fingerprint density at radius 2 is 1.96 bits per heavy atom. The van der Waals surface area contributed by atoms with Gasteiger partial charge in [-0.15, -0.1) is 0 Å². The van der Waals surface area contributed by atoms with Crippen LogP contribution < -0.4 is 0 Å². The molecule has 1 aromatic carbocycles. The highest BCUT2D eigenvalue weighted by atomic mass is 16.4. The van der Waals surface area contributed by atoms with Gasteiger partial charge in [-0.1, -0.05) is 42.7 Å². The van der Waals surface area contributed by atoms with Gasteiger partial charge in [0.25, 0.3) is 0 Å². The number of oxazole rings is 1. The van der Waals surface area contributed by atoms with Crippen LogP contribution in [0, 0.1) is 6.92 Å². The van der Waals surface area contributed by atoms with Gasteiger partial charge in [0.05, 0.1) is 11.8 Å². The molecule has 1 heterocycles. The predicted molar refractivity (Wildman–Crippen MR) is 96.1 cm³/mol. The number of carbonyl (C=O) groups is 1. The van der Waals surface area contributed by atoms with E-state index in [4.69, 9.17) is 4.42 Å². The molecule has 0 spiro atoms. The van der Waals surface area contributed by atoms with E-state index in [1.807, 2.05) is 31.2 Å². The molecule has 0 radical (unpaired) electrons. The molecule has 1 aromatic heterocycles. The Labute approximate surface area is 148 Å². The summed E-state index contributed by atoms with van der Waals surface area (Å²) in [6, 6.07) is 8.06. The van der Waals surface area contributed by atoms with Gasteiger partial charge in [-0.3, -0.25) is 4.79 Å². The minimum Gasteiger partial charge on any atom is -0.441 e. The lowest BCUT2D eigenvalue weighted by atomic mass is 10.0. The van der Waals surface area contributed by atoms with Crippen LogP contribution in [-0.2, 0) is 11.2 Å². The zero-order valence-corrected chi connectivity index (χ0v) is 15.0. The maximum Gasteiger partial charge on any atom is 0.222 e. The number of amides is 1. The number of aromatic nitrogens is 1. The van der Waals surface area contributed by atoms with Crippen LogP contribution in [0.4, 0.5) is 0 Å². The van der Waals surface area contributed by atoms with Gasteiger partial charge in [0.1, 0.15) is 0 Å². The molecule has 0 unspecified atom stereocenters. The van der Waals surface area contributed by atoms with Crippen molar-refractivity contribution < 1.29 is 14.3 Å². The Morgan fingerprint density at radius 1 is 1.28 bits per heavy atom. The van der Waals surface area contributed by atoms with Gasteiger partial charge >= 0.3 is 0 Å². The molecule has 0 saturated heterocycles. The maximum atomic E-state index is 12.3. The van der Waals surface area contributed by atoms with Gasteiger partial charge in [-0.2, -0.15) is 0 Å². The standard InChI is InChI=1S/C20H26N2O3/c1-15-5-7-16(8-6-15)17-13-21-18(25-17)9-10-19(23)22(2)14-20(24)11-3-4-12-20/h5-8,13,24H,3-4,9-12,14H2,1-2H3. The maximum absolute atomic E-state index is 12.3. The van der Waals surface area contributed by atoms with Gasteiger partial charge < -0.3 is 14.4 Å². The predicted octanol–water partition coefficient (Wildman–Crippen LogP) is 3.35. The van der Waals surface area contributed by atoms with Crippen LogP contribution in [0.2, 0.25) is 0 Å². The highest BCUT2D eigenvalue weighted by molar-refractivity contribution is 5.76. The lowest BCUT2D eigenvalue weighted by molar-refractivity contribution is -0.133. The quantitative estimate of drug-likeness (QED) is 0.874. The molecule has 134 valence electrons. The largest absolute Gasteiger partial charge is 0.441 e. The Bertz CT molecular complexity index is 715. The van der Waals surface area contributed by atoms with Gasteiger partial charge in [0.2, 0.25) is 5.91 Å². The number of nitrogens with zero attached hydrogens (tertiary/aromatic N) is 2. The third-order valence-electron chi connectivity index (χ3n) is 4.93. The van der Waals surface area contributed by atoms with Crippen LogP contribution in [0.1, 0.15) is 43.6 Å².